The molecule has 0 spiro atoms. The van der Waals surface area contributed by atoms with Gasteiger partial charge in [-0.25, -0.2) is 8.42 Å². The monoisotopic (exact) mass is 386 g/mol. The number of carbonyl (C=O) groups is 1. The average molecular weight is 387 g/mol. The van der Waals surface area contributed by atoms with E-state index in [0.29, 0.717) is 23.0 Å². The van der Waals surface area contributed by atoms with Crippen molar-refractivity contribution >= 4 is 28.2 Å². The lowest BCUT2D eigenvalue weighted by Crippen LogP contribution is -2.53. The van der Waals surface area contributed by atoms with Gasteiger partial charge in [-0.2, -0.15) is 0 Å². The minimum atomic E-state index is -3.11. The summed E-state index contributed by atoms with van der Waals surface area (Å²) >= 11 is 0. The lowest BCUT2D eigenvalue weighted by molar-refractivity contribution is 0.0756. The molecule has 0 aliphatic heterocycles. The fourth-order valence-corrected chi connectivity index (χ4v) is 5.15. The lowest BCUT2D eigenvalue weighted by atomic mass is 9.67. The molecule has 2 aliphatic rings. The summed E-state index contributed by atoms with van der Waals surface area (Å²) in [4.78, 5) is 12.7. The third kappa shape index (κ3) is 5.19. The fourth-order valence-electron chi connectivity index (χ4n) is 4.36. The number of hydrogen-bond acceptors (Lipinski definition) is 4. The Morgan fingerprint density at radius 2 is 1.88 bits per heavy atom. The number of carbonyl (C=O) groups excluding carboxylic acids is 1. The van der Waals surface area contributed by atoms with Gasteiger partial charge in [0.05, 0.1) is 5.75 Å². The summed E-state index contributed by atoms with van der Waals surface area (Å²) in [7, 11) is -3.11. The molecule has 2 unspecified atom stereocenters. The van der Waals surface area contributed by atoms with Crippen molar-refractivity contribution in [3.05, 3.63) is 35.4 Å². The number of nitrogens with two attached hydrogens (primary N) is 1. The molecule has 2 atom stereocenters. The van der Waals surface area contributed by atoms with E-state index in [1.165, 1.54) is 12.7 Å². The number of fused-ring (bicyclic) bond motifs is 2. The normalized spacial score (nSPS) is 28.7. The van der Waals surface area contributed by atoms with E-state index < -0.39 is 9.84 Å². The summed E-state index contributed by atoms with van der Waals surface area (Å²) in [5, 5.41) is 3.20. The van der Waals surface area contributed by atoms with Crippen molar-refractivity contribution in [2.24, 2.45) is 17.6 Å². The van der Waals surface area contributed by atoms with E-state index in [1.807, 2.05) is 0 Å². The van der Waals surface area contributed by atoms with Crippen molar-refractivity contribution in [2.45, 2.75) is 49.9 Å². The zero-order valence-electron chi connectivity index (χ0n) is 14.5. The summed E-state index contributed by atoms with van der Waals surface area (Å²) in [6, 6.07) is 7.36. The second-order valence-electron chi connectivity index (χ2n) is 7.45. The van der Waals surface area contributed by atoms with Crippen LogP contribution < -0.4 is 11.1 Å². The minimum Gasteiger partial charge on any atom is -0.349 e. The number of sulfone groups is 1. The number of halogens is 1. The molecule has 25 heavy (non-hydrogen) atoms. The predicted molar refractivity (Wildman–Crippen MR) is 102 cm³/mol. The predicted octanol–water partition coefficient (Wildman–Crippen LogP) is 2.29. The SMILES string of the molecule is CS(=O)(=O)Cc1cccc(C(=O)NC2C3CCCC2CC(N)C3)c1.Cl. The Hall–Kier alpha value is -1.11. The molecule has 1 aromatic carbocycles. The van der Waals surface area contributed by atoms with E-state index in [4.69, 9.17) is 5.73 Å². The van der Waals surface area contributed by atoms with Crippen LogP contribution in [0.25, 0.3) is 0 Å². The van der Waals surface area contributed by atoms with E-state index in [1.54, 1.807) is 24.3 Å². The van der Waals surface area contributed by atoms with Crippen LogP contribution in [0.15, 0.2) is 24.3 Å². The molecule has 3 N–H and O–H groups in total. The van der Waals surface area contributed by atoms with Crippen molar-refractivity contribution in [1.29, 1.82) is 0 Å². The maximum absolute atomic E-state index is 12.7. The van der Waals surface area contributed by atoms with Gasteiger partial charge < -0.3 is 11.1 Å². The topological polar surface area (TPSA) is 89.3 Å². The number of benzene rings is 1. The molecule has 2 aliphatic carbocycles. The van der Waals surface area contributed by atoms with Gasteiger partial charge >= 0.3 is 0 Å². The van der Waals surface area contributed by atoms with Crippen molar-refractivity contribution < 1.29 is 13.2 Å². The first-order chi connectivity index (χ1) is 11.3. The summed E-state index contributed by atoms with van der Waals surface area (Å²) in [6.45, 7) is 0. The Labute approximate surface area is 156 Å². The van der Waals surface area contributed by atoms with Crippen LogP contribution in [0.2, 0.25) is 0 Å². The van der Waals surface area contributed by atoms with Crippen LogP contribution in [0.3, 0.4) is 0 Å². The standard InChI is InChI=1S/C18H26N2O3S.ClH/c1-24(22,23)11-12-4-2-7-15(8-12)18(21)20-17-13-5-3-6-14(17)10-16(19)9-13;/h2,4,7-8,13-14,16-17H,3,5-6,9-11,19H2,1H3,(H,20,21);1H. The van der Waals surface area contributed by atoms with Crippen molar-refractivity contribution in [3.8, 4) is 0 Å². The largest absolute Gasteiger partial charge is 0.349 e. The zero-order valence-corrected chi connectivity index (χ0v) is 16.1. The Morgan fingerprint density at radius 1 is 1.24 bits per heavy atom. The van der Waals surface area contributed by atoms with Crippen molar-refractivity contribution in [2.75, 3.05) is 6.26 Å². The van der Waals surface area contributed by atoms with Crippen LogP contribution in [0, 0.1) is 11.8 Å². The van der Waals surface area contributed by atoms with Crippen LogP contribution in [0.5, 0.6) is 0 Å². The van der Waals surface area contributed by atoms with Crippen LogP contribution in [-0.2, 0) is 15.6 Å². The Morgan fingerprint density at radius 3 is 2.48 bits per heavy atom. The van der Waals surface area contributed by atoms with Gasteiger partial charge in [0.1, 0.15) is 0 Å². The average Bonchev–Trinajstić information content (AvgIpc) is 2.46. The molecule has 2 bridgehead atoms. The molecule has 1 aromatic rings. The molecule has 140 valence electrons. The van der Waals surface area contributed by atoms with Gasteiger partial charge in [0, 0.05) is 23.9 Å². The molecule has 3 rings (SSSR count). The van der Waals surface area contributed by atoms with E-state index in [-0.39, 0.29) is 36.2 Å². The highest BCUT2D eigenvalue weighted by Gasteiger charge is 2.39. The first-order valence-electron chi connectivity index (χ1n) is 8.65. The molecule has 0 aromatic heterocycles. The van der Waals surface area contributed by atoms with Crippen molar-refractivity contribution in [1.82, 2.24) is 5.32 Å². The summed E-state index contributed by atoms with van der Waals surface area (Å²) < 4.78 is 22.9. The van der Waals surface area contributed by atoms with Gasteiger partial charge in [-0.3, -0.25) is 4.79 Å². The number of nitrogens with one attached hydrogen (secondary N) is 1. The number of hydrogen-bond donors (Lipinski definition) is 2. The first kappa shape index (κ1) is 20.2. The van der Waals surface area contributed by atoms with E-state index in [2.05, 4.69) is 5.32 Å². The maximum atomic E-state index is 12.7. The van der Waals surface area contributed by atoms with Gasteiger partial charge in [-0.15, -0.1) is 12.4 Å². The molecule has 0 radical (unpaired) electrons. The van der Waals surface area contributed by atoms with Crippen molar-refractivity contribution in [3.63, 3.8) is 0 Å². The van der Waals surface area contributed by atoms with Gasteiger partial charge in [0.15, 0.2) is 9.84 Å². The Kier molecular flexibility index (Phi) is 6.51. The first-order valence-corrected chi connectivity index (χ1v) is 10.7. The van der Waals surface area contributed by atoms with E-state index in [9.17, 15) is 13.2 Å². The minimum absolute atomic E-state index is 0. The summed E-state index contributed by atoms with van der Waals surface area (Å²) in [5.41, 5.74) is 7.32. The van der Waals surface area contributed by atoms with Crippen LogP contribution >= 0.6 is 12.4 Å². The Bertz CT molecular complexity index is 709. The molecule has 7 heteroatoms. The zero-order chi connectivity index (χ0) is 17.3. The third-order valence-electron chi connectivity index (χ3n) is 5.29. The highest BCUT2D eigenvalue weighted by molar-refractivity contribution is 7.89. The lowest BCUT2D eigenvalue weighted by Gasteiger charge is -2.45. The van der Waals surface area contributed by atoms with Crippen LogP contribution in [0.4, 0.5) is 0 Å². The van der Waals surface area contributed by atoms with Crippen LogP contribution in [0.1, 0.15) is 48.0 Å². The van der Waals surface area contributed by atoms with Gasteiger partial charge in [0.25, 0.3) is 5.91 Å². The number of rotatable bonds is 4. The summed E-state index contributed by atoms with van der Waals surface area (Å²) in [6.07, 6.45) is 6.64. The molecular formula is C18H27ClN2O3S. The molecular weight excluding hydrogens is 360 g/mol. The Balaban J connectivity index is 0.00000225. The van der Waals surface area contributed by atoms with E-state index in [0.717, 1.165) is 25.7 Å². The smallest absolute Gasteiger partial charge is 0.251 e. The van der Waals surface area contributed by atoms with Gasteiger partial charge in [-0.05, 0) is 55.2 Å². The molecule has 2 saturated carbocycles. The van der Waals surface area contributed by atoms with Crippen LogP contribution in [-0.4, -0.2) is 32.7 Å². The molecule has 2 fully saturated rings. The molecule has 0 saturated heterocycles. The maximum Gasteiger partial charge on any atom is 0.251 e. The molecule has 0 heterocycles. The van der Waals surface area contributed by atoms with Gasteiger partial charge in [0.2, 0.25) is 0 Å². The van der Waals surface area contributed by atoms with Gasteiger partial charge in [-0.1, -0.05) is 18.6 Å². The highest BCUT2D eigenvalue weighted by Crippen LogP contribution is 2.39. The molecule has 1 amide bonds. The third-order valence-corrected chi connectivity index (χ3v) is 6.15. The summed E-state index contributed by atoms with van der Waals surface area (Å²) in [5.74, 6) is 0.784. The quantitative estimate of drug-likeness (QED) is 0.830. The number of amides is 1. The molecule has 5 nitrogen and oxygen atoms in total. The second-order valence-corrected chi connectivity index (χ2v) is 9.59. The fraction of sp³-hybridized carbons (Fsp3) is 0.611. The second kappa shape index (κ2) is 8.06. The van der Waals surface area contributed by atoms with E-state index >= 15 is 0 Å². The highest BCUT2D eigenvalue weighted by atomic mass is 35.5.